The van der Waals surface area contributed by atoms with Crippen LogP contribution >= 0.6 is 0 Å². The minimum Gasteiger partial charge on any atom is -0.328 e. The summed E-state index contributed by atoms with van der Waals surface area (Å²) in [4.78, 5) is 2.31. The molecule has 13 heavy (non-hydrogen) atoms. The van der Waals surface area contributed by atoms with Gasteiger partial charge in [0.15, 0.2) is 0 Å². The van der Waals surface area contributed by atoms with Gasteiger partial charge >= 0.3 is 0 Å². The average Bonchev–Trinajstić information content (AvgIpc) is 2.04. The number of hydrogen-bond acceptors (Lipinski definition) is 2. The van der Waals surface area contributed by atoms with Gasteiger partial charge in [-0.25, -0.2) is 0 Å². The van der Waals surface area contributed by atoms with E-state index >= 15 is 0 Å². The summed E-state index contributed by atoms with van der Waals surface area (Å²) in [6.07, 6.45) is 6.09. The van der Waals surface area contributed by atoms with Crippen LogP contribution < -0.4 is 5.73 Å². The zero-order valence-corrected chi connectivity index (χ0v) is 8.71. The Morgan fingerprint density at radius 2 is 1.85 bits per heavy atom. The lowest BCUT2D eigenvalue weighted by molar-refractivity contribution is 0.323. The van der Waals surface area contributed by atoms with E-state index in [2.05, 4.69) is 18.1 Å². The Kier molecular flexibility index (Phi) is 7.65. The van der Waals surface area contributed by atoms with Crippen molar-refractivity contribution in [3.63, 3.8) is 0 Å². The Hall–Kier alpha value is -0.600. The molecule has 2 heteroatoms. The highest BCUT2D eigenvalue weighted by Gasteiger charge is 2.00. The van der Waals surface area contributed by atoms with Crippen molar-refractivity contribution in [1.29, 1.82) is 0 Å². The van der Waals surface area contributed by atoms with E-state index in [1.807, 2.05) is 19.1 Å². The molecule has 76 valence electrons. The monoisotopic (exact) mass is 182 g/mol. The molecule has 0 spiro atoms. The Morgan fingerprint density at radius 3 is 2.23 bits per heavy atom. The predicted octanol–water partition coefficient (Wildman–Crippen LogP) is 1.79. The van der Waals surface area contributed by atoms with Gasteiger partial charge < -0.3 is 5.73 Å². The van der Waals surface area contributed by atoms with Gasteiger partial charge in [-0.15, -0.1) is 13.2 Å². The molecule has 0 saturated carbocycles. The Bertz CT molecular complexity index is 131. The number of nitrogens with two attached hydrogens (primary N) is 1. The van der Waals surface area contributed by atoms with Crippen LogP contribution in [-0.4, -0.2) is 30.6 Å². The summed E-state index contributed by atoms with van der Waals surface area (Å²) in [5.74, 6) is 0. The third-order valence-corrected chi connectivity index (χ3v) is 1.91. The second-order valence-corrected chi connectivity index (χ2v) is 3.46. The molecule has 0 heterocycles. The summed E-state index contributed by atoms with van der Waals surface area (Å²) in [5, 5.41) is 0. The fraction of sp³-hybridized carbons (Fsp3) is 0.636. The van der Waals surface area contributed by atoms with E-state index in [-0.39, 0.29) is 0 Å². The van der Waals surface area contributed by atoms with Crippen LogP contribution in [0.15, 0.2) is 25.3 Å². The predicted molar refractivity (Wildman–Crippen MR) is 59.7 cm³/mol. The van der Waals surface area contributed by atoms with Crippen LogP contribution in [0.2, 0.25) is 0 Å². The van der Waals surface area contributed by atoms with Gasteiger partial charge in [0, 0.05) is 19.1 Å². The molecule has 0 saturated heterocycles. The van der Waals surface area contributed by atoms with Crippen LogP contribution in [0.4, 0.5) is 0 Å². The van der Waals surface area contributed by atoms with Gasteiger partial charge in [-0.05, 0) is 26.3 Å². The fourth-order valence-corrected chi connectivity index (χ4v) is 1.26. The summed E-state index contributed by atoms with van der Waals surface area (Å²) < 4.78 is 0. The molecule has 0 fully saturated rings. The van der Waals surface area contributed by atoms with Crippen molar-refractivity contribution in [2.24, 2.45) is 5.73 Å². The van der Waals surface area contributed by atoms with Crippen LogP contribution in [0.5, 0.6) is 0 Å². The maximum atomic E-state index is 5.67. The Morgan fingerprint density at radius 1 is 1.31 bits per heavy atom. The lowest BCUT2D eigenvalue weighted by atomic mass is 10.2. The SMILES string of the molecule is C=CCN(CC=C)CCCC(C)N. The molecular weight excluding hydrogens is 160 g/mol. The Balaban J connectivity index is 3.55. The van der Waals surface area contributed by atoms with Gasteiger partial charge in [-0.3, -0.25) is 4.90 Å². The van der Waals surface area contributed by atoms with Crippen molar-refractivity contribution in [2.75, 3.05) is 19.6 Å². The van der Waals surface area contributed by atoms with Crippen molar-refractivity contribution in [3.05, 3.63) is 25.3 Å². The first kappa shape index (κ1) is 12.4. The van der Waals surface area contributed by atoms with Crippen LogP contribution in [-0.2, 0) is 0 Å². The minimum atomic E-state index is 0.314. The van der Waals surface area contributed by atoms with Crippen molar-refractivity contribution < 1.29 is 0 Å². The van der Waals surface area contributed by atoms with Crippen LogP contribution in [0.25, 0.3) is 0 Å². The van der Waals surface area contributed by atoms with Crippen molar-refractivity contribution in [3.8, 4) is 0 Å². The molecular formula is C11H22N2. The molecule has 0 aliphatic carbocycles. The third kappa shape index (κ3) is 7.75. The summed E-state index contributed by atoms with van der Waals surface area (Å²) >= 11 is 0. The molecule has 0 aromatic rings. The van der Waals surface area contributed by atoms with E-state index < -0.39 is 0 Å². The molecule has 0 aliphatic heterocycles. The van der Waals surface area contributed by atoms with E-state index in [1.165, 1.54) is 0 Å². The molecule has 2 nitrogen and oxygen atoms in total. The topological polar surface area (TPSA) is 29.3 Å². The summed E-state index contributed by atoms with van der Waals surface area (Å²) in [5.41, 5.74) is 5.67. The smallest absolute Gasteiger partial charge is 0.0163 e. The molecule has 0 aromatic heterocycles. The van der Waals surface area contributed by atoms with Gasteiger partial charge in [-0.1, -0.05) is 12.2 Å². The highest BCUT2D eigenvalue weighted by Crippen LogP contribution is 1.98. The molecule has 0 amide bonds. The zero-order valence-electron chi connectivity index (χ0n) is 8.71. The lowest BCUT2D eigenvalue weighted by Crippen LogP contribution is -2.26. The molecule has 0 bridgehead atoms. The first-order chi connectivity index (χ1) is 6.20. The standard InChI is InChI=1S/C11H22N2/c1-4-8-13(9-5-2)10-6-7-11(3)12/h4-5,11H,1-2,6-10,12H2,3H3. The van der Waals surface area contributed by atoms with Crippen molar-refractivity contribution in [1.82, 2.24) is 4.90 Å². The largest absolute Gasteiger partial charge is 0.328 e. The van der Waals surface area contributed by atoms with Crippen molar-refractivity contribution in [2.45, 2.75) is 25.8 Å². The molecule has 0 aromatic carbocycles. The Labute approximate surface area is 82.1 Å². The van der Waals surface area contributed by atoms with Crippen LogP contribution in [0.3, 0.4) is 0 Å². The summed E-state index contributed by atoms with van der Waals surface area (Å²) in [6.45, 7) is 12.5. The quantitative estimate of drug-likeness (QED) is 0.580. The molecule has 1 unspecified atom stereocenters. The van der Waals surface area contributed by atoms with E-state index in [0.717, 1.165) is 32.5 Å². The van der Waals surface area contributed by atoms with Gasteiger partial charge in [-0.2, -0.15) is 0 Å². The van der Waals surface area contributed by atoms with E-state index in [4.69, 9.17) is 5.73 Å². The molecule has 2 N–H and O–H groups in total. The molecule has 1 atom stereocenters. The van der Waals surface area contributed by atoms with Crippen LogP contribution in [0, 0.1) is 0 Å². The van der Waals surface area contributed by atoms with Crippen LogP contribution in [0.1, 0.15) is 19.8 Å². The number of hydrogen-bond donors (Lipinski definition) is 1. The van der Waals surface area contributed by atoms with Gasteiger partial charge in [0.2, 0.25) is 0 Å². The normalized spacial score (nSPS) is 12.8. The zero-order chi connectivity index (χ0) is 10.1. The van der Waals surface area contributed by atoms with Gasteiger partial charge in [0.25, 0.3) is 0 Å². The first-order valence-electron chi connectivity index (χ1n) is 4.90. The summed E-state index contributed by atoms with van der Waals surface area (Å²) in [7, 11) is 0. The van der Waals surface area contributed by atoms with Gasteiger partial charge in [0.1, 0.15) is 0 Å². The number of rotatable bonds is 8. The van der Waals surface area contributed by atoms with Gasteiger partial charge in [0.05, 0.1) is 0 Å². The minimum absolute atomic E-state index is 0.314. The maximum absolute atomic E-state index is 5.67. The van der Waals surface area contributed by atoms with E-state index in [9.17, 15) is 0 Å². The van der Waals surface area contributed by atoms with E-state index in [1.54, 1.807) is 0 Å². The molecule has 0 aliphatic rings. The second kappa shape index (κ2) is 8.02. The maximum Gasteiger partial charge on any atom is 0.0163 e. The molecule has 0 radical (unpaired) electrons. The molecule has 0 rings (SSSR count). The summed E-state index contributed by atoms with van der Waals surface area (Å²) in [6, 6.07) is 0.314. The lowest BCUT2D eigenvalue weighted by Gasteiger charge is -2.18. The first-order valence-corrected chi connectivity index (χ1v) is 4.90. The second-order valence-electron chi connectivity index (χ2n) is 3.46. The fourth-order valence-electron chi connectivity index (χ4n) is 1.26. The third-order valence-electron chi connectivity index (χ3n) is 1.91. The van der Waals surface area contributed by atoms with Crippen molar-refractivity contribution >= 4 is 0 Å². The highest BCUT2D eigenvalue weighted by molar-refractivity contribution is 4.79. The van der Waals surface area contributed by atoms with E-state index in [0.29, 0.717) is 6.04 Å². The average molecular weight is 182 g/mol. The number of nitrogens with zero attached hydrogens (tertiary/aromatic N) is 1. The highest BCUT2D eigenvalue weighted by atomic mass is 15.1.